The van der Waals surface area contributed by atoms with E-state index in [1.54, 1.807) is 16.2 Å². The van der Waals surface area contributed by atoms with Crippen LogP contribution in [0.15, 0.2) is 72.1 Å². The van der Waals surface area contributed by atoms with Gasteiger partial charge in [0.05, 0.1) is 16.3 Å². The maximum Gasteiger partial charge on any atom is 0.282 e. The molecule has 6 heteroatoms. The first kappa shape index (κ1) is 19.4. The summed E-state index contributed by atoms with van der Waals surface area (Å²) in [5.41, 5.74) is 2.62. The first-order valence-electron chi connectivity index (χ1n) is 9.76. The molecule has 5 nitrogen and oxygen atoms in total. The molecule has 1 aromatic heterocycles. The lowest BCUT2D eigenvalue weighted by Crippen LogP contribution is -2.88. The number of amides is 2. The number of hydrogen-bond donors (Lipinski definition) is 2. The molecule has 4 rings (SSSR count). The second-order valence-corrected chi connectivity index (χ2v) is 8.21. The second kappa shape index (κ2) is 8.59. The van der Waals surface area contributed by atoms with Crippen molar-refractivity contribution in [3.63, 3.8) is 0 Å². The molecule has 0 bridgehead atoms. The SMILES string of the molecule is C[C@@H]1CC(=O)Nc2ccccc2N1C(=O)C[NH2+][C@@H](c1ccccc1)c1cccs1. The summed E-state index contributed by atoms with van der Waals surface area (Å²) in [6, 6.07) is 21.7. The molecule has 0 unspecified atom stereocenters. The Balaban J connectivity index is 1.57. The highest BCUT2D eigenvalue weighted by atomic mass is 32.1. The molecule has 1 aliphatic rings. The lowest BCUT2D eigenvalue weighted by Gasteiger charge is -2.27. The van der Waals surface area contributed by atoms with Gasteiger partial charge in [-0.25, -0.2) is 0 Å². The first-order valence-corrected chi connectivity index (χ1v) is 10.6. The van der Waals surface area contributed by atoms with Crippen LogP contribution in [0.1, 0.15) is 29.8 Å². The van der Waals surface area contributed by atoms with Crippen molar-refractivity contribution in [3.05, 3.63) is 82.6 Å². The highest BCUT2D eigenvalue weighted by molar-refractivity contribution is 7.10. The van der Waals surface area contributed by atoms with Crippen LogP contribution in [-0.4, -0.2) is 24.4 Å². The Morgan fingerprint density at radius 3 is 2.66 bits per heavy atom. The number of rotatable bonds is 5. The standard InChI is InChI=1S/C23H23N3O2S/c1-16-14-21(27)25-18-10-5-6-11-19(18)26(16)22(28)15-24-23(20-12-7-13-29-20)17-8-3-2-4-9-17/h2-13,16,23-24H,14-15H2,1H3,(H,25,27)/p+1/t16-,23+/m1/s1. The van der Waals surface area contributed by atoms with Gasteiger partial charge in [0.1, 0.15) is 6.04 Å². The molecule has 2 aromatic carbocycles. The number of quaternary nitrogens is 1. The molecule has 3 aromatic rings. The predicted octanol–water partition coefficient (Wildman–Crippen LogP) is 3.16. The molecule has 0 aliphatic carbocycles. The Hall–Kier alpha value is -2.96. The fourth-order valence-electron chi connectivity index (χ4n) is 3.83. The molecule has 3 N–H and O–H groups in total. The zero-order chi connectivity index (χ0) is 20.2. The summed E-state index contributed by atoms with van der Waals surface area (Å²) in [5, 5.41) is 7.05. The van der Waals surface area contributed by atoms with Crippen molar-refractivity contribution in [1.82, 2.24) is 0 Å². The van der Waals surface area contributed by atoms with Crippen LogP contribution in [0, 0.1) is 0 Å². The highest BCUT2D eigenvalue weighted by Crippen LogP contribution is 2.31. The summed E-state index contributed by atoms with van der Waals surface area (Å²) in [7, 11) is 0. The predicted molar refractivity (Wildman–Crippen MR) is 116 cm³/mol. The minimum atomic E-state index is -0.198. The summed E-state index contributed by atoms with van der Waals surface area (Å²) in [6.45, 7) is 2.22. The Bertz CT molecular complexity index is 988. The molecule has 2 heterocycles. The molecule has 0 fully saturated rings. The van der Waals surface area contributed by atoms with E-state index in [4.69, 9.17) is 0 Å². The van der Waals surface area contributed by atoms with E-state index in [1.807, 2.05) is 55.5 Å². The molecule has 2 amide bonds. The summed E-state index contributed by atoms with van der Waals surface area (Å²) in [4.78, 5) is 28.4. The van der Waals surface area contributed by atoms with Crippen molar-refractivity contribution in [2.24, 2.45) is 0 Å². The van der Waals surface area contributed by atoms with Gasteiger partial charge in [0.15, 0.2) is 6.54 Å². The summed E-state index contributed by atoms with van der Waals surface area (Å²) in [6.07, 6.45) is 0.285. The Labute approximate surface area is 174 Å². The van der Waals surface area contributed by atoms with E-state index in [9.17, 15) is 9.59 Å². The monoisotopic (exact) mass is 406 g/mol. The van der Waals surface area contributed by atoms with Crippen LogP contribution in [0.25, 0.3) is 0 Å². The third-order valence-corrected chi connectivity index (χ3v) is 6.12. The van der Waals surface area contributed by atoms with Gasteiger partial charge in [0.25, 0.3) is 5.91 Å². The Morgan fingerprint density at radius 2 is 1.90 bits per heavy atom. The van der Waals surface area contributed by atoms with Crippen LogP contribution < -0.4 is 15.5 Å². The second-order valence-electron chi connectivity index (χ2n) is 7.23. The van der Waals surface area contributed by atoms with Crippen LogP contribution in [-0.2, 0) is 9.59 Å². The van der Waals surface area contributed by atoms with Crippen molar-refractivity contribution >= 4 is 34.5 Å². The molecule has 2 atom stereocenters. The van der Waals surface area contributed by atoms with Crippen LogP contribution in [0.5, 0.6) is 0 Å². The van der Waals surface area contributed by atoms with Gasteiger partial charge in [-0.05, 0) is 30.5 Å². The fourth-order valence-corrected chi connectivity index (χ4v) is 4.68. The lowest BCUT2D eigenvalue weighted by atomic mass is 10.1. The molecule has 29 heavy (non-hydrogen) atoms. The number of nitrogens with one attached hydrogen (secondary N) is 1. The van der Waals surface area contributed by atoms with Crippen molar-refractivity contribution in [3.8, 4) is 0 Å². The third kappa shape index (κ3) is 4.23. The van der Waals surface area contributed by atoms with Crippen LogP contribution in [0.2, 0.25) is 0 Å². The van der Waals surface area contributed by atoms with Crippen molar-refractivity contribution in [2.45, 2.75) is 25.4 Å². The van der Waals surface area contributed by atoms with Crippen molar-refractivity contribution in [2.75, 3.05) is 16.8 Å². The number of hydrogen-bond acceptors (Lipinski definition) is 3. The van der Waals surface area contributed by atoms with Crippen molar-refractivity contribution in [1.29, 1.82) is 0 Å². The van der Waals surface area contributed by atoms with E-state index < -0.39 is 0 Å². The van der Waals surface area contributed by atoms with Gasteiger partial charge in [-0.15, -0.1) is 11.3 Å². The summed E-state index contributed by atoms with van der Waals surface area (Å²) < 4.78 is 0. The van der Waals surface area contributed by atoms with Gasteiger partial charge in [-0.3, -0.25) is 9.59 Å². The number of carbonyl (C=O) groups is 2. The molecule has 0 saturated heterocycles. The number of thiophene rings is 1. The van der Waals surface area contributed by atoms with E-state index in [0.717, 1.165) is 5.69 Å². The minimum absolute atomic E-state index is 0.000984. The van der Waals surface area contributed by atoms with E-state index in [2.05, 4.69) is 34.2 Å². The molecule has 0 radical (unpaired) electrons. The maximum absolute atomic E-state index is 13.3. The number of carbonyl (C=O) groups excluding carboxylic acids is 2. The van der Waals surface area contributed by atoms with Crippen LogP contribution >= 0.6 is 11.3 Å². The molecule has 0 spiro atoms. The number of fused-ring (bicyclic) bond motifs is 1. The Kier molecular flexibility index (Phi) is 5.74. The van der Waals surface area contributed by atoms with Gasteiger partial charge in [-0.2, -0.15) is 0 Å². The summed E-state index contributed by atoms with van der Waals surface area (Å²) >= 11 is 1.70. The first-order chi connectivity index (χ1) is 14.1. The van der Waals surface area contributed by atoms with Gasteiger partial charge in [0.2, 0.25) is 5.91 Å². The molecule has 148 valence electrons. The van der Waals surface area contributed by atoms with Gasteiger partial charge in [0, 0.05) is 18.0 Å². The smallest absolute Gasteiger partial charge is 0.282 e. The summed E-state index contributed by atoms with van der Waals surface area (Å²) in [5.74, 6) is -0.0658. The van der Waals surface area contributed by atoms with Crippen LogP contribution in [0.4, 0.5) is 11.4 Å². The largest absolute Gasteiger partial charge is 0.328 e. The average Bonchev–Trinajstić information content (AvgIpc) is 3.20. The Morgan fingerprint density at radius 1 is 1.14 bits per heavy atom. The normalized spacial score (nSPS) is 17.2. The molecule has 0 saturated carbocycles. The highest BCUT2D eigenvalue weighted by Gasteiger charge is 2.31. The van der Waals surface area contributed by atoms with E-state index in [-0.39, 0.29) is 30.3 Å². The lowest BCUT2D eigenvalue weighted by molar-refractivity contribution is -0.676. The molecule has 1 aliphatic heterocycles. The van der Waals surface area contributed by atoms with Gasteiger partial charge >= 0.3 is 0 Å². The zero-order valence-electron chi connectivity index (χ0n) is 16.2. The van der Waals surface area contributed by atoms with Gasteiger partial charge in [-0.1, -0.05) is 48.5 Å². The molecular weight excluding hydrogens is 382 g/mol. The van der Waals surface area contributed by atoms with E-state index in [1.165, 1.54) is 10.4 Å². The number of para-hydroxylation sites is 2. The average molecular weight is 407 g/mol. The maximum atomic E-state index is 13.3. The number of nitrogens with zero attached hydrogens (tertiary/aromatic N) is 1. The van der Waals surface area contributed by atoms with E-state index in [0.29, 0.717) is 12.2 Å². The molecular formula is C23H24N3O2S+. The number of benzene rings is 2. The topological polar surface area (TPSA) is 66.0 Å². The van der Waals surface area contributed by atoms with Gasteiger partial charge < -0.3 is 15.5 Å². The third-order valence-electron chi connectivity index (χ3n) is 5.16. The van der Waals surface area contributed by atoms with Crippen LogP contribution in [0.3, 0.4) is 0 Å². The number of nitrogens with two attached hydrogens (primary N) is 1. The quantitative estimate of drug-likeness (QED) is 0.684. The zero-order valence-corrected chi connectivity index (χ0v) is 17.1. The number of anilines is 2. The van der Waals surface area contributed by atoms with E-state index >= 15 is 0 Å². The fraction of sp³-hybridized carbons (Fsp3) is 0.217. The minimum Gasteiger partial charge on any atom is -0.328 e. The van der Waals surface area contributed by atoms with Crippen molar-refractivity contribution < 1.29 is 14.9 Å².